The molecule has 2 heterocycles. The molecule has 21 heavy (non-hydrogen) atoms. The maximum atomic E-state index is 5.76. The Labute approximate surface area is 122 Å². The molecule has 1 aliphatic rings. The van der Waals surface area contributed by atoms with Gasteiger partial charge in [0, 0.05) is 6.54 Å². The first kappa shape index (κ1) is 13.4. The predicted molar refractivity (Wildman–Crippen MR) is 80.0 cm³/mol. The van der Waals surface area contributed by atoms with Gasteiger partial charge in [0.2, 0.25) is 5.75 Å². The lowest BCUT2D eigenvalue weighted by atomic mass is 10.2. The molecule has 0 unspecified atom stereocenters. The molecule has 7 nitrogen and oxygen atoms in total. The Bertz CT molecular complexity index is 635. The van der Waals surface area contributed by atoms with E-state index in [1.165, 1.54) is 6.33 Å². The van der Waals surface area contributed by atoms with Crippen LogP contribution in [0, 0.1) is 0 Å². The highest BCUT2D eigenvalue weighted by Gasteiger charge is 2.23. The van der Waals surface area contributed by atoms with Gasteiger partial charge in [0.1, 0.15) is 12.1 Å². The number of methoxy groups -OCH3 is 1. The monoisotopic (exact) mass is 287 g/mol. The number of nitrogens with two attached hydrogens (primary N) is 1. The number of fused-ring (bicyclic) bond motifs is 1. The SMILES string of the molecule is COc1c(NN)ncnc1N1CCCOc2ccccc21. The summed E-state index contributed by atoms with van der Waals surface area (Å²) in [6.45, 7) is 1.44. The third kappa shape index (κ3) is 2.43. The van der Waals surface area contributed by atoms with Gasteiger partial charge in [-0.1, -0.05) is 12.1 Å². The Balaban J connectivity index is 2.12. The van der Waals surface area contributed by atoms with E-state index in [0.29, 0.717) is 24.0 Å². The Morgan fingerprint density at radius 2 is 2.19 bits per heavy atom. The number of hydrogen-bond acceptors (Lipinski definition) is 7. The summed E-state index contributed by atoms with van der Waals surface area (Å²) < 4.78 is 11.2. The van der Waals surface area contributed by atoms with Crippen molar-refractivity contribution < 1.29 is 9.47 Å². The summed E-state index contributed by atoms with van der Waals surface area (Å²) in [5, 5.41) is 0. The zero-order chi connectivity index (χ0) is 14.7. The fraction of sp³-hybridized carbons (Fsp3) is 0.286. The second-order valence-electron chi connectivity index (χ2n) is 4.54. The van der Waals surface area contributed by atoms with Gasteiger partial charge in [-0.2, -0.15) is 0 Å². The van der Waals surface area contributed by atoms with Gasteiger partial charge in [0.05, 0.1) is 19.4 Å². The van der Waals surface area contributed by atoms with Gasteiger partial charge in [-0.05, 0) is 18.6 Å². The van der Waals surface area contributed by atoms with Gasteiger partial charge >= 0.3 is 0 Å². The van der Waals surface area contributed by atoms with Crippen molar-refractivity contribution in [3.63, 3.8) is 0 Å². The minimum atomic E-state index is 0.449. The lowest BCUT2D eigenvalue weighted by Crippen LogP contribution is -2.21. The fourth-order valence-corrected chi connectivity index (χ4v) is 2.39. The highest BCUT2D eigenvalue weighted by atomic mass is 16.5. The van der Waals surface area contributed by atoms with Crippen molar-refractivity contribution in [2.24, 2.45) is 5.84 Å². The molecule has 1 aromatic carbocycles. The van der Waals surface area contributed by atoms with E-state index in [0.717, 1.165) is 24.4 Å². The molecular weight excluding hydrogens is 270 g/mol. The quantitative estimate of drug-likeness (QED) is 0.656. The molecule has 0 saturated heterocycles. The fourth-order valence-electron chi connectivity index (χ4n) is 2.39. The Morgan fingerprint density at radius 1 is 1.33 bits per heavy atom. The maximum Gasteiger partial charge on any atom is 0.206 e. The summed E-state index contributed by atoms with van der Waals surface area (Å²) in [6, 6.07) is 7.86. The molecule has 0 aliphatic carbocycles. The van der Waals surface area contributed by atoms with Crippen LogP contribution in [-0.2, 0) is 0 Å². The van der Waals surface area contributed by atoms with Gasteiger partial charge < -0.3 is 19.8 Å². The third-order valence-corrected chi connectivity index (χ3v) is 3.32. The van der Waals surface area contributed by atoms with E-state index in [1.807, 2.05) is 24.3 Å². The van der Waals surface area contributed by atoms with Crippen molar-refractivity contribution in [2.45, 2.75) is 6.42 Å². The number of benzene rings is 1. The van der Waals surface area contributed by atoms with Crippen molar-refractivity contribution in [1.82, 2.24) is 9.97 Å². The van der Waals surface area contributed by atoms with Crippen LogP contribution in [0.2, 0.25) is 0 Å². The molecule has 3 rings (SSSR count). The molecule has 0 amide bonds. The summed E-state index contributed by atoms with van der Waals surface area (Å²) in [7, 11) is 1.57. The number of anilines is 3. The van der Waals surface area contributed by atoms with Gasteiger partial charge in [0.15, 0.2) is 11.6 Å². The van der Waals surface area contributed by atoms with Crippen LogP contribution in [0.5, 0.6) is 11.5 Å². The normalized spacial score (nSPS) is 13.9. The second-order valence-corrected chi connectivity index (χ2v) is 4.54. The number of hydrogen-bond donors (Lipinski definition) is 2. The van der Waals surface area contributed by atoms with E-state index in [-0.39, 0.29) is 0 Å². The number of hydrazine groups is 1. The number of aromatic nitrogens is 2. The predicted octanol–water partition coefficient (Wildman–Crippen LogP) is 1.69. The summed E-state index contributed by atoms with van der Waals surface area (Å²) in [4.78, 5) is 10.5. The minimum Gasteiger partial charge on any atom is -0.491 e. The first-order valence-corrected chi connectivity index (χ1v) is 6.70. The smallest absolute Gasteiger partial charge is 0.206 e. The first-order valence-electron chi connectivity index (χ1n) is 6.70. The van der Waals surface area contributed by atoms with E-state index >= 15 is 0 Å². The van der Waals surface area contributed by atoms with E-state index in [4.69, 9.17) is 15.3 Å². The van der Waals surface area contributed by atoms with Crippen molar-refractivity contribution in [3.05, 3.63) is 30.6 Å². The van der Waals surface area contributed by atoms with Gasteiger partial charge in [-0.15, -0.1) is 0 Å². The zero-order valence-electron chi connectivity index (χ0n) is 11.7. The molecule has 0 atom stereocenters. The lowest BCUT2D eigenvalue weighted by Gasteiger charge is -2.24. The highest BCUT2D eigenvalue weighted by Crippen LogP contribution is 2.40. The second kappa shape index (κ2) is 5.84. The third-order valence-electron chi connectivity index (χ3n) is 3.32. The summed E-state index contributed by atoms with van der Waals surface area (Å²) in [6.07, 6.45) is 2.34. The zero-order valence-corrected chi connectivity index (χ0v) is 11.7. The molecule has 3 N–H and O–H groups in total. The van der Waals surface area contributed by atoms with Crippen LogP contribution in [0.15, 0.2) is 30.6 Å². The van der Waals surface area contributed by atoms with Gasteiger partial charge in [-0.3, -0.25) is 0 Å². The molecule has 0 spiro atoms. The number of nitrogens with zero attached hydrogens (tertiary/aromatic N) is 3. The Hall–Kier alpha value is -2.54. The van der Waals surface area contributed by atoms with Gasteiger partial charge in [-0.25, -0.2) is 15.8 Å². The van der Waals surface area contributed by atoms with E-state index in [9.17, 15) is 0 Å². The molecule has 2 aromatic rings. The van der Waals surface area contributed by atoms with E-state index in [2.05, 4.69) is 20.3 Å². The molecule has 0 radical (unpaired) electrons. The summed E-state index contributed by atoms with van der Waals surface area (Å²) >= 11 is 0. The van der Waals surface area contributed by atoms with Crippen LogP contribution in [0.4, 0.5) is 17.3 Å². The average molecular weight is 287 g/mol. The summed E-state index contributed by atoms with van der Waals surface area (Å²) in [5.41, 5.74) is 3.49. The average Bonchev–Trinajstić information content (AvgIpc) is 2.76. The largest absolute Gasteiger partial charge is 0.491 e. The van der Waals surface area contributed by atoms with Crippen molar-refractivity contribution >= 4 is 17.3 Å². The number of nitrogens with one attached hydrogen (secondary N) is 1. The van der Waals surface area contributed by atoms with Crippen LogP contribution >= 0.6 is 0 Å². The van der Waals surface area contributed by atoms with Crippen LogP contribution in [0.25, 0.3) is 0 Å². The van der Waals surface area contributed by atoms with Crippen molar-refractivity contribution in [1.29, 1.82) is 0 Å². The van der Waals surface area contributed by atoms with Crippen LogP contribution < -0.4 is 25.6 Å². The van der Waals surface area contributed by atoms with Crippen LogP contribution in [0.3, 0.4) is 0 Å². The molecule has 110 valence electrons. The molecule has 1 aromatic heterocycles. The number of rotatable bonds is 3. The molecular formula is C14H17N5O2. The maximum absolute atomic E-state index is 5.76. The molecule has 0 fully saturated rings. The van der Waals surface area contributed by atoms with Crippen molar-refractivity contribution in [3.8, 4) is 11.5 Å². The minimum absolute atomic E-state index is 0.449. The topological polar surface area (TPSA) is 85.5 Å². The Kier molecular flexibility index (Phi) is 3.74. The van der Waals surface area contributed by atoms with E-state index in [1.54, 1.807) is 7.11 Å². The molecule has 0 saturated carbocycles. The number of ether oxygens (including phenoxy) is 2. The van der Waals surface area contributed by atoms with Crippen molar-refractivity contribution in [2.75, 3.05) is 30.6 Å². The Morgan fingerprint density at radius 3 is 3.00 bits per heavy atom. The standard InChI is InChI=1S/C14H17N5O2/c1-20-12-13(18-15)16-9-17-14(12)19-7-4-8-21-11-6-3-2-5-10(11)19/h2-3,5-6,9H,4,7-8,15H2,1H3,(H,16,17,18). The van der Waals surface area contributed by atoms with Gasteiger partial charge in [0.25, 0.3) is 0 Å². The first-order chi connectivity index (χ1) is 10.3. The lowest BCUT2D eigenvalue weighted by molar-refractivity contribution is 0.322. The molecule has 7 heteroatoms. The molecule has 1 aliphatic heterocycles. The number of para-hydroxylation sites is 2. The number of nitrogen functional groups attached to an aromatic ring is 1. The van der Waals surface area contributed by atoms with E-state index < -0.39 is 0 Å². The molecule has 0 bridgehead atoms. The summed E-state index contributed by atoms with van der Waals surface area (Å²) in [5.74, 6) is 7.94. The van der Waals surface area contributed by atoms with Crippen LogP contribution in [0.1, 0.15) is 6.42 Å². The van der Waals surface area contributed by atoms with Crippen LogP contribution in [-0.4, -0.2) is 30.2 Å². The highest BCUT2D eigenvalue weighted by molar-refractivity contribution is 5.74.